The van der Waals surface area contributed by atoms with Crippen LogP contribution >= 0.6 is 0 Å². The van der Waals surface area contributed by atoms with Crippen LogP contribution in [0.1, 0.15) is 25.3 Å². The minimum absolute atomic E-state index is 0.0133. The second-order valence-corrected chi connectivity index (χ2v) is 8.42. The highest BCUT2D eigenvalue weighted by molar-refractivity contribution is 5.90. The lowest BCUT2D eigenvalue weighted by Crippen LogP contribution is -2.44. The number of fused-ring (bicyclic) bond motifs is 1. The topological polar surface area (TPSA) is 144 Å². The van der Waals surface area contributed by atoms with Gasteiger partial charge in [0, 0.05) is 31.9 Å². The third-order valence-electron chi connectivity index (χ3n) is 5.97. The molecule has 1 aliphatic rings. The summed E-state index contributed by atoms with van der Waals surface area (Å²) in [6.07, 6.45) is 1.80. The number of piperidine rings is 1. The summed E-state index contributed by atoms with van der Waals surface area (Å²) in [6, 6.07) is 8.27. The van der Waals surface area contributed by atoms with Crippen LogP contribution in [0.25, 0.3) is 11.2 Å². The van der Waals surface area contributed by atoms with Crippen molar-refractivity contribution in [3.05, 3.63) is 50.7 Å². The van der Waals surface area contributed by atoms with Crippen LogP contribution in [-0.2, 0) is 24.9 Å². The standard InChI is InChI=1S/C24H26N8O3/c1-3-4-12-31-20-21(28-23(31)30-11-5-6-17(26)14-30)29(2)24(35)32(22(20)34)15-19(33)27-18-9-7-16(13-25)8-10-18/h7-10,17H,5-6,11-12,14-15,26H2,1-2H3,(H,27,33)/t17-/m1/s1. The molecule has 0 saturated carbocycles. The van der Waals surface area contributed by atoms with E-state index in [1.165, 1.54) is 11.6 Å². The van der Waals surface area contributed by atoms with E-state index in [1.54, 1.807) is 35.8 Å². The minimum atomic E-state index is -0.648. The molecule has 3 N–H and O–H groups in total. The van der Waals surface area contributed by atoms with Gasteiger partial charge in [0.1, 0.15) is 6.54 Å². The van der Waals surface area contributed by atoms with Crippen molar-refractivity contribution in [2.24, 2.45) is 12.8 Å². The summed E-state index contributed by atoms with van der Waals surface area (Å²) in [5.74, 6) is 5.79. The van der Waals surface area contributed by atoms with Gasteiger partial charge in [0.05, 0.1) is 18.2 Å². The summed E-state index contributed by atoms with van der Waals surface area (Å²) in [5.41, 5.74) is 6.24. The van der Waals surface area contributed by atoms with Crippen LogP contribution in [0.2, 0.25) is 0 Å². The van der Waals surface area contributed by atoms with E-state index < -0.39 is 23.7 Å². The molecule has 1 atom stereocenters. The predicted molar refractivity (Wildman–Crippen MR) is 132 cm³/mol. The first-order valence-corrected chi connectivity index (χ1v) is 11.2. The Morgan fingerprint density at radius 1 is 1.26 bits per heavy atom. The lowest BCUT2D eigenvalue weighted by molar-refractivity contribution is -0.116. The number of anilines is 2. The second kappa shape index (κ2) is 9.87. The number of carbonyl (C=O) groups excluding carboxylic acids is 1. The number of nitrogens with zero attached hydrogens (tertiary/aromatic N) is 6. The number of nitrogens with two attached hydrogens (primary N) is 1. The van der Waals surface area contributed by atoms with Crippen molar-refractivity contribution in [3.63, 3.8) is 0 Å². The Morgan fingerprint density at radius 3 is 2.66 bits per heavy atom. The molecular weight excluding hydrogens is 448 g/mol. The molecule has 3 heterocycles. The van der Waals surface area contributed by atoms with Gasteiger partial charge >= 0.3 is 5.69 Å². The first kappa shape index (κ1) is 23.8. The molecule has 1 fully saturated rings. The lowest BCUT2D eigenvalue weighted by Gasteiger charge is -2.31. The van der Waals surface area contributed by atoms with Crippen molar-refractivity contribution in [3.8, 4) is 17.9 Å². The summed E-state index contributed by atoms with van der Waals surface area (Å²) in [7, 11) is 1.52. The van der Waals surface area contributed by atoms with Gasteiger partial charge in [-0.15, -0.1) is 5.92 Å². The average Bonchev–Trinajstić information content (AvgIpc) is 3.24. The Morgan fingerprint density at radius 2 is 2.00 bits per heavy atom. The number of imidazole rings is 1. The summed E-state index contributed by atoms with van der Waals surface area (Å²) >= 11 is 0. The van der Waals surface area contributed by atoms with E-state index in [2.05, 4.69) is 22.1 Å². The summed E-state index contributed by atoms with van der Waals surface area (Å²) in [5, 5.41) is 11.6. The number of hydrogen-bond acceptors (Lipinski definition) is 7. The fourth-order valence-corrected chi connectivity index (χ4v) is 4.21. The van der Waals surface area contributed by atoms with E-state index in [0.29, 0.717) is 23.7 Å². The maximum Gasteiger partial charge on any atom is 0.332 e. The molecule has 2 aromatic heterocycles. The number of aromatic nitrogens is 4. The van der Waals surface area contributed by atoms with Gasteiger partial charge in [-0.1, -0.05) is 5.92 Å². The molecule has 180 valence electrons. The number of nitrogens with one attached hydrogen (secondary N) is 1. The summed E-state index contributed by atoms with van der Waals surface area (Å²) in [6.45, 7) is 2.75. The van der Waals surface area contributed by atoms with E-state index in [1.807, 2.05) is 11.0 Å². The van der Waals surface area contributed by atoms with Crippen molar-refractivity contribution in [1.82, 2.24) is 18.7 Å². The molecular formula is C24H26N8O3. The van der Waals surface area contributed by atoms with Gasteiger partial charge in [-0.25, -0.2) is 9.36 Å². The Kier molecular flexibility index (Phi) is 6.71. The molecule has 0 bridgehead atoms. The Bertz CT molecular complexity index is 1490. The highest BCUT2D eigenvalue weighted by Crippen LogP contribution is 2.22. The fraction of sp³-hybridized carbons (Fsp3) is 0.375. The van der Waals surface area contributed by atoms with E-state index in [-0.39, 0.29) is 23.8 Å². The average molecular weight is 475 g/mol. The van der Waals surface area contributed by atoms with E-state index >= 15 is 0 Å². The van der Waals surface area contributed by atoms with Gasteiger partial charge in [-0.05, 0) is 44.0 Å². The fourth-order valence-electron chi connectivity index (χ4n) is 4.21. The number of nitriles is 1. The Balaban J connectivity index is 1.76. The SMILES string of the molecule is CC#CCn1c(N2CCC[C@@H](N)C2)nc2c1c(=O)n(CC(=O)Nc1ccc(C#N)cc1)c(=O)n2C. The summed E-state index contributed by atoms with van der Waals surface area (Å²) in [4.78, 5) is 45.9. The van der Waals surface area contributed by atoms with Crippen LogP contribution in [0, 0.1) is 23.2 Å². The van der Waals surface area contributed by atoms with Gasteiger partial charge in [-0.3, -0.25) is 18.7 Å². The number of benzene rings is 1. The van der Waals surface area contributed by atoms with Crippen molar-refractivity contribution < 1.29 is 4.79 Å². The van der Waals surface area contributed by atoms with Crippen molar-refractivity contribution in [2.75, 3.05) is 23.3 Å². The van der Waals surface area contributed by atoms with Crippen LogP contribution in [-0.4, -0.2) is 43.7 Å². The number of rotatable bonds is 5. The highest BCUT2D eigenvalue weighted by atomic mass is 16.2. The smallest absolute Gasteiger partial charge is 0.332 e. The van der Waals surface area contributed by atoms with Crippen molar-refractivity contribution >= 4 is 28.7 Å². The molecule has 1 saturated heterocycles. The number of hydrogen-bond donors (Lipinski definition) is 2. The number of amides is 1. The third-order valence-corrected chi connectivity index (χ3v) is 5.97. The Labute approximate surface area is 201 Å². The zero-order valence-electron chi connectivity index (χ0n) is 19.6. The maximum atomic E-state index is 13.5. The van der Waals surface area contributed by atoms with Crippen molar-refractivity contribution in [1.29, 1.82) is 5.26 Å². The molecule has 1 aromatic carbocycles. The Hall–Kier alpha value is -4.35. The molecule has 3 aromatic rings. The third kappa shape index (κ3) is 4.67. The zero-order valence-corrected chi connectivity index (χ0v) is 19.6. The second-order valence-electron chi connectivity index (χ2n) is 8.42. The minimum Gasteiger partial charge on any atom is -0.341 e. The van der Waals surface area contributed by atoms with Gasteiger partial charge in [0.2, 0.25) is 11.9 Å². The monoisotopic (exact) mass is 474 g/mol. The van der Waals surface area contributed by atoms with E-state index in [9.17, 15) is 14.4 Å². The maximum absolute atomic E-state index is 13.5. The molecule has 1 aliphatic heterocycles. The molecule has 11 heteroatoms. The quantitative estimate of drug-likeness (QED) is 0.508. The van der Waals surface area contributed by atoms with E-state index in [0.717, 1.165) is 24.0 Å². The highest BCUT2D eigenvalue weighted by Gasteiger charge is 2.26. The number of aryl methyl sites for hydroxylation is 1. The van der Waals surface area contributed by atoms with Crippen LogP contribution in [0.15, 0.2) is 33.9 Å². The van der Waals surface area contributed by atoms with Gasteiger partial charge < -0.3 is 16.0 Å². The van der Waals surface area contributed by atoms with Crippen LogP contribution < -0.4 is 27.2 Å². The van der Waals surface area contributed by atoms with E-state index in [4.69, 9.17) is 11.0 Å². The number of carbonyl (C=O) groups is 1. The zero-order chi connectivity index (χ0) is 25.1. The largest absolute Gasteiger partial charge is 0.341 e. The lowest BCUT2D eigenvalue weighted by atomic mass is 10.1. The normalized spacial score (nSPS) is 15.4. The van der Waals surface area contributed by atoms with Crippen LogP contribution in [0.3, 0.4) is 0 Å². The molecule has 1 amide bonds. The summed E-state index contributed by atoms with van der Waals surface area (Å²) < 4.78 is 3.86. The first-order valence-electron chi connectivity index (χ1n) is 11.2. The van der Waals surface area contributed by atoms with Gasteiger partial charge in [-0.2, -0.15) is 10.2 Å². The molecule has 0 aliphatic carbocycles. The first-order chi connectivity index (χ1) is 16.8. The predicted octanol–water partition coefficient (Wildman–Crippen LogP) is 0.358. The van der Waals surface area contributed by atoms with Crippen LogP contribution in [0.5, 0.6) is 0 Å². The molecule has 0 spiro atoms. The van der Waals surface area contributed by atoms with Crippen molar-refractivity contribution in [2.45, 2.75) is 38.9 Å². The van der Waals surface area contributed by atoms with Crippen LogP contribution in [0.4, 0.5) is 11.6 Å². The molecule has 4 rings (SSSR count). The van der Waals surface area contributed by atoms with Gasteiger partial charge in [0.15, 0.2) is 11.2 Å². The molecule has 0 radical (unpaired) electrons. The molecule has 35 heavy (non-hydrogen) atoms. The molecule has 11 nitrogen and oxygen atoms in total. The van der Waals surface area contributed by atoms with Gasteiger partial charge in [0.25, 0.3) is 5.56 Å². The molecule has 0 unspecified atom stereocenters.